The lowest BCUT2D eigenvalue weighted by Crippen LogP contribution is -2.30. The van der Waals surface area contributed by atoms with Gasteiger partial charge in [0, 0.05) is 19.3 Å². The van der Waals surface area contributed by atoms with Crippen LogP contribution in [0.2, 0.25) is 0 Å². The molecule has 0 aromatic rings. The number of carbonyl (C=O) groups is 3. The number of carbonyl (C=O) groups excluding carboxylic acids is 3. The summed E-state index contributed by atoms with van der Waals surface area (Å²) in [4.78, 5) is 37.9. The SMILES string of the molecule is CC/C=C\C/C=C\C/C=C\C/C=C\C/C=C\C/C=C\CCC(=O)OC[C@H](COC(=O)CCCCCCCCCCCCC)OC(=O)CCCC/C=C\C/C=C\C/C=C\CCCCC. The van der Waals surface area contributed by atoms with Gasteiger partial charge in [-0.3, -0.25) is 14.4 Å². The third-order valence-electron chi connectivity index (χ3n) is 10.3. The Kier molecular flexibility index (Phi) is 47.5. The molecule has 0 saturated carbocycles. The Hall–Kier alpha value is -3.93. The summed E-state index contributed by atoms with van der Waals surface area (Å²) in [6.45, 7) is 6.37. The van der Waals surface area contributed by atoms with E-state index in [1.54, 1.807) is 0 Å². The van der Waals surface area contributed by atoms with Crippen molar-refractivity contribution in [3.63, 3.8) is 0 Å². The van der Waals surface area contributed by atoms with Gasteiger partial charge in [-0.1, -0.05) is 207 Å². The van der Waals surface area contributed by atoms with E-state index in [1.807, 2.05) is 12.2 Å². The highest BCUT2D eigenvalue weighted by Gasteiger charge is 2.19. The standard InChI is InChI=1S/C57H92O6/c1-4-7-10-13-16-19-22-24-26-27-28-29-31-32-35-38-41-44-47-50-56(59)62-53-54(52-61-55(58)49-46-43-40-37-34-21-18-15-12-9-6-3)63-57(60)51-48-45-42-39-36-33-30-25-23-20-17-14-11-8-5-2/h7,10,16-17,19-20,24-26,28-30,32,35-36,39,41,44,54H,4-6,8-9,11-15,18,21-23,27,31,33-34,37-38,40,42-43,45-53H2,1-3H3/b10-7-,19-16-,20-17-,26-24-,29-28-,30-25-,35-32-,39-36-,44-41-/t54-/m0/s1. The molecule has 0 saturated heterocycles. The summed E-state index contributed by atoms with van der Waals surface area (Å²) in [5.74, 6) is -1.05. The minimum Gasteiger partial charge on any atom is -0.462 e. The van der Waals surface area contributed by atoms with Crippen LogP contribution in [0.5, 0.6) is 0 Å². The lowest BCUT2D eigenvalue weighted by atomic mass is 10.1. The molecule has 0 aromatic carbocycles. The molecule has 63 heavy (non-hydrogen) atoms. The van der Waals surface area contributed by atoms with Gasteiger partial charge in [-0.05, 0) is 96.3 Å². The lowest BCUT2D eigenvalue weighted by Gasteiger charge is -2.18. The van der Waals surface area contributed by atoms with E-state index in [2.05, 4.69) is 118 Å². The van der Waals surface area contributed by atoms with Crippen LogP contribution in [-0.2, 0) is 28.6 Å². The average Bonchev–Trinajstić information content (AvgIpc) is 3.28. The highest BCUT2D eigenvalue weighted by molar-refractivity contribution is 5.71. The molecule has 0 aliphatic rings. The summed E-state index contributed by atoms with van der Waals surface area (Å²) in [6, 6.07) is 0. The number of unbranched alkanes of at least 4 members (excludes halogenated alkanes) is 15. The monoisotopic (exact) mass is 873 g/mol. The predicted octanol–water partition coefficient (Wildman–Crippen LogP) is 16.8. The van der Waals surface area contributed by atoms with Crippen molar-refractivity contribution in [2.75, 3.05) is 13.2 Å². The fourth-order valence-electron chi connectivity index (χ4n) is 6.47. The first-order chi connectivity index (χ1) is 31.0. The fraction of sp³-hybridized carbons (Fsp3) is 0.632. The second kappa shape index (κ2) is 50.7. The Labute approximate surface area is 387 Å². The summed E-state index contributed by atoms with van der Waals surface area (Å²) in [5, 5.41) is 0. The van der Waals surface area contributed by atoms with Crippen molar-refractivity contribution in [3.05, 3.63) is 109 Å². The third-order valence-corrected chi connectivity index (χ3v) is 10.3. The van der Waals surface area contributed by atoms with Gasteiger partial charge >= 0.3 is 17.9 Å². The number of ether oxygens (including phenoxy) is 3. The zero-order valence-corrected chi connectivity index (χ0v) is 40.5. The largest absolute Gasteiger partial charge is 0.462 e. The van der Waals surface area contributed by atoms with Gasteiger partial charge in [-0.15, -0.1) is 0 Å². The third kappa shape index (κ3) is 49.0. The second-order valence-electron chi connectivity index (χ2n) is 16.3. The lowest BCUT2D eigenvalue weighted by molar-refractivity contribution is -0.166. The maximum Gasteiger partial charge on any atom is 0.306 e. The smallest absolute Gasteiger partial charge is 0.306 e. The number of rotatable bonds is 44. The van der Waals surface area contributed by atoms with Gasteiger partial charge in [0.15, 0.2) is 6.10 Å². The van der Waals surface area contributed by atoms with Crippen LogP contribution in [0.1, 0.15) is 213 Å². The molecule has 0 fully saturated rings. The Balaban J connectivity index is 4.56. The van der Waals surface area contributed by atoms with Crippen LogP contribution in [0.4, 0.5) is 0 Å². The Morgan fingerprint density at radius 2 is 0.651 bits per heavy atom. The second-order valence-corrected chi connectivity index (χ2v) is 16.3. The summed E-state index contributed by atoms with van der Waals surface area (Å²) in [6.07, 6.45) is 68.0. The van der Waals surface area contributed by atoms with Crippen LogP contribution in [0.3, 0.4) is 0 Å². The van der Waals surface area contributed by atoms with Crippen molar-refractivity contribution < 1.29 is 28.6 Å². The molecule has 0 rings (SSSR count). The van der Waals surface area contributed by atoms with Gasteiger partial charge in [-0.25, -0.2) is 0 Å². The molecule has 356 valence electrons. The van der Waals surface area contributed by atoms with Crippen LogP contribution in [0.15, 0.2) is 109 Å². The number of allylic oxidation sites excluding steroid dienone is 18. The summed E-state index contributed by atoms with van der Waals surface area (Å²) >= 11 is 0. The first-order valence-corrected chi connectivity index (χ1v) is 25.4. The van der Waals surface area contributed by atoms with E-state index in [4.69, 9.17) is 14.2 Å². The molecule has 0 aromatic heterocycles. The van der Waals surface area contributed by atoms with E-state index >= 15 is 0 Å². The highest BCUT2D eigenvalue weighted by Crippen LogP contribution is 2.13. The van der Waals surface area contributed by atoms with Crippen molar-refractivity contribution in [2.24, 2.45) is 0 Å². The Morgan fingerprint density at radius 1 is 0.333 bits per heavy atom. The maximum atomic E-state index is 12.8. The molecular weight excluding hydrogens is 781 g/mol. The first-order valence-electron chi connectivity index (χ1n) is 25.4. The molecule has 0 amide bonds. The first kappa shape index (κ1) is 59.1. The molecule has 0 spiro atoms. The minimum absolute atomic E-state index is 0.117. The minimum atomic E-state index is -0.827. The Bertz CT molecular complexity index is 1330. The molecule has 0 bridgehead atoms. The summed E-state index contributed by atoms with van der Waals surface area (Å²) < 4.78 is 16.7. The molecule has 0 N–H and O–H groups in total. The number of esters is 3. The van der Waals surface area contributed by atoms with Crippen molar-refractivity contribution in [1.29, 1.82) is 0 Å². The summed E-state index contributed by atoms with van der Waals surface area (Å²) in [7, 11) is 0. The van der Waals surface area contributed by atoms with Gasteiger partial charge in [0.2, 0.25) is 0 Å². The van der Waals surface area contributed by atoms with E-state index in [9.17, 15) is 14.4 Å². The van der Waals surface area contributed by atoms with E-state index in [1.165, 1.54) is 77.0 Å². The maximum absolute atomic E-state index is 12.8. The van der Waals surface area contributed by atoms with Gasteiger partial charge < -0.3 is 14.2 Å². The quantitative estimate of drug-likeness (QED) is 0.0263. The molecule has 0 heterocycles. The molecular formula is C57H92O6. The van der Waals surface area contributed by atoms with E-state index in [0.29, 0.717) is 19.3 Å². The van der Waals surface area contributed by atoms with Gasteiger partial charge in [0.1, 0.15) is 13.2 Å². The normalized spacial score (nSPS) is 13.0. The van der Waals surface area contributed by atoms with Gasteiger partial charge in [0.05, 0.1) is 0 Å². The number of hydrogen-bond donors (Lipinski definition) is 0. The average molecular weight is 873 g/mol. The predicted molar refractivity (Wildman–Crippen MR) is 270 cm³/mol. The van der Waals surface area contributed by atoms with Crippen molar-refractivity contribution >= 4 is 17.9 Å². The highest BCUT2D eigenvalue weighted by atomic mass is 16.6. The van der Waals surface area contributed by atoms with Crippen molar-refractivity contribution in [1.82, 2.24) is 0 Å². The van der Waals surface area contributed by atoms with E-state index in [0.717, 1.165) is 83.5 Å². The molecule has 0 radical (unpaired) electrons. The molecule has 0 aliphatic heterocycles. The molecule has 0 aliphatic carbocycles. The van der Waals surface area contributed by atoms with Crippen LogP contribution >= 0.6 is 0 Å². The van der Waals surface area contributed by atoms with E-state index < -0.39 is 6.10 Å². The van der Waals surface area contributed by atoms with Gasteiger partial charge in [-0.2, -0.15) is 0 Å². The van der Waals surface area contributed by atoms with Gasteiger partial charge in [0.25, 0.3) is 0 Å². The molecule has 6 heteroatoms. The zero-order chi connectivity index (χ0) is 45.8. The zero-order valence-electron chi connectivity index (χ0n) is 40.5. The van der Waals surface area contributed by atoms with E-state index in [-0.39, 0.29) is 44.0 Å². The van der Waals surface area contributed by atoms with Crippen molar-refractivity contribution in [3.8, 4) is 0 Å². The van der Waals surface area contributed by atoms with Crippen LogP contribution in [-0.4, -0.2) is 37.2 Å². The van der Waals surface area contributed by atoms with Crippen LogP contribution in [0.25, 0.3) is 0 Å². The van der Waals surface area contributed by atoms with Crippen molar-refractivity contribution in [2.45, 2.75) is 219 Å². The molecule has 0 unspecified atom stereocenters. The molecule has 6 nitrogen and oxygen atoms in total. The fourth-order valence-corrected chi connectivity index (χ4v) is 6.47. The Morgan fingerprint density at radius 3 is 1.10 bits per heavy atom. The summed E-state index contributed by atoms with van der Waals surface area (Å²) in [5.41, 5.74) is 0. The topological polar surface area (TPSA) is 78.9 Å². The van der Waals surface area contributed by atoms with Crippen LogP contribution in [0, 0.1) is 0 Å². The van der Waals surface area contributed by atoms with Crippen LogP contribution < -0.4 is 0 Å². The number of hydrogen-bond acceptors (Lipinski definition) is 6. The molecule has 1 atom stereocenters.